The SMILES string of the molecule is c1ccc(-c2nc3cccc4c3n2-c2ccccc2N4c2c3ccccc3c(-c3cccnc3)c3ccccc23)cc1. The molecule has 8 aromatic rings. The van der Waals surface area contributed by atoms with Gasteiger partial charge in [-0.1, -0.05) is 103 Å². The summed E-state index contributed by atoms with van der Waals surface area (Å²) < 4.78 is 2.33. The van der Waals surface area contributed by atoms with Crippen LogP contribution in [0.3, 0.4) is 0 Å². The lowest BCUT2D eigenvalue weighted by Gasteiger charge is -2.35. The number of hydrogen-bond acceptors (Lipinski definition) is 3. The van der Waals surface area contributed by atoms with Crippen LogP contribution in [0.25, 0.3) is 60.8 Å². The number of hydrogen-bond donors (Lipinski definition) is 0. The first-order valence-electron chi connectivity index (χ1n) is 14.2. The molecule has 1 aliphatic rings. The zero-order chi connectivity index (χ0) is 27.6. The summed E-state index contributed by atoms with van der Waals surface area (Å²) in [6.45, 7) is 0. The van der Waals surface area contributed by atoms with Crippen LogP contribution in [0.2, 0.25) is 0 Å². The molecule has 0 amide bonds. The Kier molecular flexibility index (Phi) is 4.87. The Labute approximate surface area is 242 Å². The quantitative estimate of drug-likeness (QED) is 0.211. The second kappa shape index (κ2) is 8.88. The van der Waals surface area contributed by atoms with E-state index in [9.17, 15) is 0 Å². The normalized spacial score (nSPS) is 12.2. The molecule has 9 rings (SSSR count). The van der Waals surface area contributed by atoms with Gasteiger partial charge in [-0.05, 0) is 46.7 Å². The highest BCUT2D eigenvalue weighted by Gasteiger charge is 2.31. The molecule has 196 valence electrons. The van der Waals surface area contributed by atoms with Gasteiger partial charge >= 0.3 is 0 Å². The molecule has 0 saturated heterocycles. The van der Waals surface area contributed by atoms with Gasteiger partial charge in [0, 0.05) is 34.3 Å². The standard InChI is InChI=1S/C38H24N4/c1-2-12-25(13-3-1)38-40-31-19-10-22-34-37(31)42(38)33-21-9-8-20-32(33)41(34)36-29-17-6-4-15-27(29)35(26-14-11-23-39-24-26)28-16-5-7-18-30(28)36/h1-24H. The summed E-state index contributed by atoms with van der Waals surface area (Å²) in [5, 5.41) is 4.79. The van der Waals surface area contributed by atoms with Crippen LogP contribution in [0.15, 0.2) is 146 Å². The van der Waals surface area contributed by atoms with Crippen LogP contribution in [0.1, 0.15) is 0 Å². The fourth-order valence-electron chi connectivity index (χ4n) is 6.69. The van der Waals surface area contributed by atoms with Crippen molar-refractivity contribution in [2.45, 2.75) is 0 Å². The van der Waals surface area contributed by atoms with Gasteiger partial charge in [0.25, 0.3) is 0 Å². The molecule has 4 nitrogen and oxygen atoms in total. The number of pyridine rings is 1. The van der Waals surface area contributed by atoms with Crippen molar-refractivity contribution in [3.05, 3.63) is 146 Å². The maximum absolute atomic E-state index is 5.19. The predicted molar refractivity (Wildman–Crippen MR) is 173 cm³/mol. The van der Waals surface area contributed by atoms with Crippen molar-refractivity contribution in [1.29, 1.82) is 0 Å². The summed E-state index contributed by atoms with van der Waals surface area (Å²) in [6, 6.07) is 47.3. The molecular weight excluding hydrogens is 512 g/mol. The first-order valence-corrected chi connectivity index (χ1v) is 14.2. The van der Waals surface area contributed by atoms with Crippen LogP contribution in [-0.4, -0.2) is 14.5 Å². The zero-order valence-electron chi connectivity index (χ0n) is 22.6. The van der Waals surface area contributed by atoms with Crippen LogP contribution >= 0.6 is 0 Å². The number of nitrogens with zero attached hydrogens (tertiary/aromatic N) is 4. The topological polar surface area (TPSA) is 34.0 Å². The first kappa shape index (κ1) is 23.0. The molecule has 6 aromatic carbocycles. The van der Waals surface area contributed by atoms with Gasteiger partial charge in [0.1, 0.15) is 5.82 Å². The van der Waals surface area contributed by atoms with Gasteiger partial charge in [-0.3, -0.25) is 9.55 Å². The Bertz CT molecular complexity index is 2250. The van der Waals surface area contributed by atoms with Crippen molar-refractivity contribution < 1.29 is 0 Å². The molecule has 1 aliphatic heterocycles. The largest absolute Gasteiger partial charge is 0.305 e. The molecule has 3 heterocycles. The smallest absolute Gasteiger partial charge is 0.145 e. The van der Waals surface area contributed by atoms with Gasteiger partial charge in [0.2, 0.25) is 0 Å². The lowest BCUT2D eigenvalue weighted by atomic mass is 9.90. The summed E-state index contributed by atoms with van der Waals surface area (Å²) in [6.07, 6.45) is 3.80. The van der Waals surface area contributed by atoms with Crippen molar-refractivity contribution in [2.24, 2.45) is 0 Å². The second-order valence-electron chi connectivity index (χ2n) is 10.7. The minimum Gasteiger partial charge on any atom is -0.305 e. The van der Waals surface area contributed by atoms with Gasteiger partial charge in [0.05, 0.1) is 33.8 Å². The van der Waals surface area contributed by atoms with Crippen LogP contribution in [0.5, 0.6) is 0 Å². The number of aromatic nitrogens is 3. The third kappa shape index (κ3) is 3.17. The highest BCUT2D eigenvalue weighted by Crippen LogP contribution is 2.53. The summed E-state index contributed by atoms with van der Waals surface area (Å²) in [5.74, 6) is 0.951. The molecule has 0 spiro atoms. The lowest BCUT2D eigenvalue weighted by molar-refractivity contribution is 1.07. The number of para-hydroxylation sites is 3. The Balaban J connectivity index is 1.44. The van der Waals surface area contributed by atoms with Gasteiger partial charge < -0.3 is 4.90 Å². The van der Waals surface area contributed by atoms with Gasteiger partial charge in [-0.25, -0.2) is 4.98 Å². The highest BCUT2D eigenvalue weighted by atomic mass is 15.2. The molecule has 0 radical (unpaired) electrons. The van der Waals surface area contributed by atoms with E-state index < -0.39 is 0 Å². The Hall–Kier alpha value is -5.74. The number of anilines is 3. The van der Waals surface area contributed by atoms with Crippen LogP contribution in [0, 0.1) is 0 Å². The van der Waals surface area contributed by atoms with Crippen molar-refractivity contribution in [3.63, 3.8) is 0 Å². The molecule has 0 bridgehead atoms. The number of rotatable bonds is 3. The molecule has 0 saturated carbocycles. The summed E-state index contributed by atoms with van der Waals surface area (Å²) in [4.78, 5) is 12.1. The first-order chi connectivity index (χ1) is 20.9. The van der Waals surface area contributed by atoms with E-state index in [2.05, 4.69) is 142 Å². The minimum absolute atomic E-state index is 0.951. The van der Waals surface area contributed by atoms with E-state index >= 15 is 0 Å². The molecule has 2 aromatic heterocycles. The number of imidazole rings is 1. The van der Waals surface area contributed by atoms with E-state index in [-0.39, 0.29) is 0 Å². The molecule has 42 heavy (non-hydrogen) atoms. The third-order valence-electron chi connectivity index (χ3n) is 8.37. The summed E-state index contributed by atoms with van der Waals surface area (Å²) in [5.41, 5.74) is 10.0. The number of benzene rings is 6. The molecule has 4 heteroatoms. The predicted octanol–water partition coefficient (Wildman–Crippen LogP) is 9.84. The van der Waals surface area contributed by atoms with Gasteiger partial charge in [-0.15, -0.1) is 0 Å². The molecule has 0 unspecified atom stereocenters. The molecule has 0 fully saturated rings. The monoisotopic (exact) mass is 536 g/mol. The molecular formula is C38H24N4. The van der Waals surface area contributed by atoms with Crippen molar-refractivity contribution in [3.8, 4) is 28.2 Å². The van der Waals surface area contributed by atoms with E-state index in [0.29, 0.717) is 0 Å². The lowest BCUT2D eigenvalue weighted by Crippen LogP contribution is -2.19. The molecule has 0 atom stereocenters. The van der Waals surface area contributed by atoms with E-state index in [0.717, 1.165) is 45.0 Å². The fraction of sp³-hybridized carbons (Fsp3) is 0. The average Bonchev–Trinajstić information content (AvgIpc) is 3.46. The van der Waals surface area contributed by atoms with Crippen LogP contribution < -0.4 is 4.90 Å². The second-order valence-corrected chi connectivity index (χ2v) is 10.7. The summed E-state index contributed by atoms with van der Waals surface area (Å²) in [7, 11) is 0. The third-order valence-corrected chi connectivity index (χ3v) is 8.37. The maximum atomic E-state index is 5.19. The summed E-state index contributed by atoms with van der Waals surface area (Å²) >= 11 is 0. The number of fused-ring (bicyclic) bond motifs is 4. The van der Waals surface area contributed by atoms with E-state index in [1.807, 2.05) is 18.5 Å². The minimum atomic E-state index is 0.951. The maximum Gasteiger partial charge on any atom is 0.145 e. The van der Waals surface area contributed by atoms with Crippen molar-refractivity contribution in [2.75, 3.05) is 4.90 Å². The van der Waals surface area contributed by atoms with E-state index in [4.69, 9.17) is 4.98 Å². The van der Waals surface area contributed by atoms with E-state index in [1.165, 1.54) is 32.8 Å². The van der Waals surface area contributed by atoms with Gasteiger partial charge in [-0.2, -0.15) is 0 Å². The Morgan fingerprint density at radius 3 is 1.81 bits per heavy atom. The highest BCUT2D eigenvalue weighted by molar-refractivity contribution is 6.23. The average molecular weight is 537 g/mol. The molecule has 0 N–H and O–H groups in total. The van der Waals surface area contributed by atoms with Gasteiger partial charge in [0.15, 0.2) is 0 Å². The Morgan fingerprint density at radius 1 is 0.476 bits per heavy atom. The van der Waals surface area contributed by atoms with Crippen LogP contribution in [0.4, 0.5) is 17.1 Å². The van der Waals surface area contributed by atoms with Crippen molar-refractivity contribution >= 4 is 49.6 Å². The van der Waals surface area contributed by atoms with E-state index in [1.54, 1.807) is 0 Å². The van der Waals surface area contributed by atoms with Crippen LogP contribution in [-0.2, 0) is 0 Å². The van der Waals surface area contributed by atoms with Crippen molar-refractivity contribution in [1.82, 2.24) is 14.5 Å². The zero-order valence-corrected chi connectivity index (χ0v) is 22.6. The fourth-order valence-corrected chi connectivity index (χ4v) is 6.69. The Morgan fingerprint density at radius 2 is 1.10 bits per heavy atom. The molecule has 0 aliphatic carbocycles.